The zero-order valence-electron chi connectivity index (χ0n) is 7.53. The molecule has 6 heteroatoms. The summed E-state index contributed by atoms with van der Waals surface area (Å²) in [5.41, 5.74) is 0. The molecule has 3 N–H and O–H groups in total. The number of hydrogen-bond donors (Lipinski definition) is 3. The van der Waals surface area contributed by atoms with Crippen LogP contribution in [0.4, 0.5) is 5.95 Å². The van der Waals surface area contributed by atoms with Crippen molar-refractivity contribution >= 4 is 11.9 Å². The highest BCUT2D eigenvalue weighted by molar-refractivity contribution is 5.92. The number of rotatable bonds is 3. The maximum absolute atomic E-state index is 11.0. The zero-order valence-corrected chi connectivity index (χ0v) is 7.53. The highest BCUT2D eigenvalue weighted by atomic mass is 16.3. The lowest BCUT2D eigenvalue weighted by Crippen LogP contribution is -2.25. The molecule has 72 valence electrons. The van der Waals surface area contributed by atoms with Gasteiger partial charge in [0, 0.05) is 6.42 Å². The Morgan fingerprint density at radius 2 is 2.46 bits per heavy atom. The molecule has 13 heavy (non-hydrogen) atoms. The van der Waals surface area contributed by atoms with E-state index in [1.807, 2.05) is 6.92 Å². The molecular weight excluding hydrogens is 172 g/mol. The van der Waals surface area contributed by atoms with Crippen molar-refractivity contribution in [2.75, 3.05) is 5.32 Å². The second-order valence-corrected chi connectivity index (χ2v) is 2.62. The fraction of sp³-hybridized carbons (Fsp3) is 0.571. The minimum Gasteiger partial charge on any atom is -0.384 e. The number of aryl methyl sites for hydroxylation is 1. The Labute approximate surface area is 75.4 Å². The second-order valence-electron chi connectivity index (χ2n) is 2.62. The summed E-state index contributed by atoms with van der Waals surface area (Å²) in [5.74, 6) is 0.380. The summed E-state index contributed by atoms with van der Waals surface area (Å²) in [4.78, 5) is 14.9. The van der Waals surface area contributed by atoms with Gasteiger partial charge in [0.15, 0.2) is 0 Å². The van der Waals surface area contributed by atoms with Gasteiger partial charge < -0.3 is 5.11 Å². The maximum Gasteiger partial charge on any atom is 0.255 e. The standard InChI is InChI=1S/C7H12N4O2/c1-3-5-8-7(11-10-5)9-6(13)4(2)12/h4,12H,3H2,1-2H3,(H2,8,9,10,11,13)/t4-/m1/s1. The molecule has 0 saturated carbocycles. The van der Waals surface area contributed by atoms with Crippen LogP contribution in [0.2, 0.25) is 0 Å². The van der Waals surface area contributed by atoms with Gasteiger partial charge in [0.05, 0.1) is 0 Å². The van der Waals surface area contributed by atoms with Crippen molar-refractivity contribution in [2.45, 2.75) is 26.4 Å². The number of aromatic amines is 1. The van der Waals surface area contributed by atoms with Gasteiger partial charge in [-0.25, -0.2) is 0 Å². The molecule has 0 radical (unpaired) electrons. The van der Waals surface area contributed by atoms with Crippen LogP contribution in [0.3, 0.4) is 0 Å². The Morgan fingerprint density at radius 1 is 1.77 bits per heavy atom. The molecule has 0 bridgehead atoms. The predicted molar refractivity (Wildman–Crippen MR) is 46.1 cm³/mol. The molecule has 0 spiro atoms. The van der Waals surface area contributed by atoms with E-state index in [0.717, 1.165) is 6.42 Å². The third kappa shape index (κ3) is 2.51. The number of hydrogen-bond acceptors (Lipinski definition) is 4. The Kier molecular flexibility index (Phi) is 2.97. The van der Waals surface area contributed by atoms with Crippen molar-refractivity contribution < 1.29 is 9.90 Å². The number of carbonyl (C=O) groups excluding carboxylic acids is 1. The average molecular weight is 184 g/mol. The van der Waals surface area contributed by atoms with Crippen LogP contribution in [-0.2, 0) is 11.2 Å². The third-order valence-corrected chi connectivity index (χ3v) is 1.48. The van der Waals surface area contributed by atoms with E-state index in [2.05, 4.69) is 20.5 Å². The highest BCUT2D eigenvalue weighted by Gasteiger charge is 2.11. The van der Waals surface area contributed by atoms with Gasteiger partial charge in [-0.2, -0.15) is 4.98 Å². The van der Waals surface area contributed by atoms with E-state index >= 15 is 0 Å². The third-order valence-electron chi connectivity index (χ3n) is 1.48. The van der Waals surface area contributed by atoms with Gasteiger partial charge in [-0.3, -0.25) is 15.2 Å². The molecule has 1 amide bonds. The van der Waals surface area contributed by atoms with Crippen molar-refractivity contribution in [3.63, 3.8) is 0 Å². The topological polar surface area (TPSA) is 90.9 Å². The maximum atomic E-state index is 11.0. The molecule has 0 aliphatic rings. The van der Waals surface area contributed by atoms with Crippen LogP contribution in [0.1, 0.15) is 19.7 Å². The summed E-state index contributed by atoms with van der Waals surface area (Å²) in [6.07, 6.45) is -0.332. The largest absolute Gasteiger partial charge is 0.384 e. The summed E-state index contributed by atoms with van der Waals surface area (Å²) in [6, 6.07) is 0. The normalized spacial score (nSPS) is 12.5. The van der Waals surface area contributed by atoms with Crippen LogP contribution in [-0.4, -0.2) is 32.3 Å². The Hall–Kier alpha value is -1.43. The van der Waals surface area contributed by atoms with Crippen LogP contribution in [0.25, 0.3) is 0 Å². The van der Waals surface area contributed by atoms with E-state index in [9.17, 15) is 4.79 Å². The van der Waals surface area contributed by atoms with Gasteiger partial charge in [-0.15, -0.1) is 5.10 Å². The first-order valence-corrected chi connectivity index (χ1v) is 4.03. The van der Waals surface area contributed by atoms with Crippen LogP contribution in [0.5, 0.6) is 0 Å². The minimum atomic E-state index is -1.05. The Bertz CT molecular complexity index is 294. The van der Waals surface area contributed by atoms with E-state index in [1.165, 1.54) is 6.92 Å². The molecule has 1 aromatic rings. The smallest absolute Gasteiger partial charge is 0.255 e. The molecular formula is C7H12N4O2. The van der Waals surface area contributed by atoms with E-state index in [-0.39, 0.29) is 5.95 Å². The lowest BCUT2D eigenvalue weighted by atomic mass is 10.4. The van der Waals surface area contributed by atoms with Crippen molar-refractivity contribution in [1.82, 2.24) is 15.2 Å². The number of nitrogens with one attached hydrogen (secondary N) is 2. The van der Waals surface area contributed by atoms with Gasteiger partial charge in [-0.05, 0) is 6.92 Å². The molecule has 0 aromatic carbocycles. The number of H-pyrrole nitrogens is 1. The monoisotopic (exact) mass is 184 g/mol. The number of carbonyl (C=O) groups is 1. The number of anilines is 1. The molecule has 0 unspecified atom stereocenters. The fourth-order valence-corrected chi connectivity index (χ4v) is 0.724. The molecule has 1 rings (SSSR count). The van der Waals surface area contributed by atoms with Crippen molar-refractivity contribution in [3.05, 3.63) is 5.82 Å². The number of aliphatic hydroxyl groups is 1. The summed E-state index contributed by atoms with van der Waals surface area (Å²) in [7, 11) is 0. The van der Waals surface area contributed by atoms with E-state index < -0.39 is 12.0 Å². The summed E-state index contributed by atoms with van der Waals surface area (Å²) in [5, 5.41) is 17.6. The second kappa shape index (κ2) is 3.99. The quantitative estimate of drug-likeness (QED) is 0.600. The first-order chi connectivity index (χ1) is 6.13. The predicted octanol–water partition coefficient (Wildman–Crippen LogP) is -0.314. The number of nitrogens with zero attached hydrogens (tertiary/aromatic N) is 2. The molecule has 0 aliphatic heterocycles. The lowest BCUT2D eigenvalue weighted by Gasteiger charge is -2.01. The minimum absolute atomic E-state index is 0.197. The first-order valence-electron chi connectivity index (χ1n) is 4.03. The molecule has 0 aliphatic carbocycles. The van der Waals surface area contributed by atoms with Crippen LogP contribution < -0.4 is 5.32 Å². The number of amides is 1. The van der Waals surface area contributed by atoms with Crippen LogP contribution in [0.15, 0.2) is 0 Å². The van der Waals surface area contributed by atoms with Crippen LogP contribution in [0, 0.1) is 0 Å². The van der Waals surface area contributed by atoms with Crippen molar-refractivity contribution in [1.29, 1.82) is 0 Å². The van der Waals surface area contributed by atoms with Gasteiger partial charge in [0.25, 0.3) is 5.91 Å². The molecule has 0 saturated heterocycles. The summed E-state index contributed by atoms with van der Waals surface area (Å²) in [6.45, 7) is 3.30. The van der Waals surface area contributed by atoms with Crippen molar-refractivity contribution in [2.24, 2.45) is 0 Å². The molecule has 1 atom stereocenters. The highest BCUT2D eigenvalue weighted by Crippen LogP contribution is 1.99. The van der Waals surface area contributed by atoms with E-state index in [4.69, 9.17) is 5.11 Å². The summed E-state index contributed by atoms with van der Waals surface area (Å²) < 4.78 is 0. The molecule has 6 nitrogen and oxygen atoms in total. The number of aliphatic hydroxyl groups excluding tert-OH is 1. The van der Waals surface area contributed by atoms with Gasteiger partial charge in [-0.1, -0.05) is 6.92 Å². The van der Waals surface area contributed by atoms with Crippen LogP contribution >= 0.6 is 0 Å². The lowest BCUT2D eigenvalue weighted by molar-refractivity contribution is -0.123. The van der Waals surface area contributed by atoms with Gasteiger partial charge >= 0.3 is 0 Å². The SMILES string of the molecule is CCc1nc(NC(=O)[C@@H](C)O)n[nH]1. The van der Waals surface area contributed by atoms with Gasteiger partial charge in [0.2, 0.25) is 5.95 Å². The Morgan fingerprint density at radius 3 is 2.92 bits per heavy atom. The summed E-state index contributed by atoms with van der Waals surface area (Å²) >= 11 is 0. The van der Waals surface area contributed by atoms with Gasteiger partial charge in [0.1, 0.15) is 11.9 Å². The zero-order chi connectivity index (χ0) is 9.84. The first kappa shape index (κ1) is 9.66. The van der Waals surface area contributed by atoms with Crippen molar-refractivity contribution in [3.8, 4) is 0 Å². The van der Waals surface area contributed by atoms with E-state index in [0.29, 0.717) is 5.82 Å². The van der Waals surface area contributed by atoms with E-state index in [1.54, 1.807) is 0 Å². The average Bonchev–Trinajstić information content (AvgIpc) is 2.52. The molecule has 1 heterocycles. The molecule has 0 fully saturated rings. The molecule has 1 aromatic heterocycles. The Balaban J connectivity index is 2.59. The fourth-order valence-electron chi connectivity index (χ4n) is 0.724. The number of aromatic nitrogens is 3.